The molecule has 3 N–H and O–H groups in total. The number of aromatic nitrogens is 3. The zero-order valence-electron chi connectivity index (χ0n) is 23.8. The van der Waals surface area contributed by atoms with E-state index in [0.717, 1.165) is 12.0 Å². The highest BCUT2D eigenvalue weighted by molar-refractivity contribution is 6.09. The number of esters is 1. The third-order valence-electron chi connectivity index (χ3n) is 8.51. The molecule has 2 aromatic heterocycles. The van der Waals surface area contributed by atoms with E-state index in [9.17, 15) is 24.0 Å². The predicted octanol–water partition coefficient (Wildman–Crippen LogP) is 1.33. The fraction of sp³-hybridized carbons (Fsp3) is 0.379. The van der Waals surface area contributed by atoms with Gasteiger partial charge in [-0.15, -0.1) is 0 Å². The summed E-state index contributed by atoms with van der Waals surface area (Å²) in [4.78, 5) is 69.0. The number of aryl methyl sites for hydroxylation is 2. The molecule has 3 amide bonds. The molecule has 4 aliphatic rings. The maximum Gasteiger partial charge on any atom is 0.315 e. The summed E-state index contributed by atoms with van der Waals surface area (Å²) in [6, 6.07) is 1.44. The molecule has 2 unspecified atom stereocenters. The van der Waals surface area contributed by atoms with Crippen molar-refractivity contribution >= 4 is 47.1 Å². The number of amides is 3. The normalized spacial score (nSPS) is 25.5. The van der Waals surface area contributed by atoms with Crippen molar-refractivity contribution in [3.05, 3.63) is 59.1 Å². The van der Waals surface area contributed by atoms with Gasteiger partial charge in [-0.25, -0.2) is 4.98 Å². The molecule has 0 aromatic carbocycles. The number of allylic oxidation sites excluding steroid dienone is 2. The first-order valence-corrected chi connectivity index (χ1v) is 13.6. The van der Waals surface area contributed by atoms with Crippen molar-refractivity contribution in [1.29, 1.82) is 0 Å². The molecule has 0 radical (unpaired) electrons. The van der Waals surface area contributed by atoms with E-state index in [1.165, 1.54) is 30.8 Å². The van der Waals surface area contributed by atoms with Crippen LogP contribution in [0.5, 0.6) is 0 Å². The molecule has 4 heterocycles. The summed E-state index contributed by atoms with van der Waals surface area (Å²) in [7, 11) is 4.78. The number of hydrogen-bond donors (Lipinski definition) is 3. The lowest BCUT2D eigenvalue weighted by Crippen LogP contribution is -2.34. The predicted molar refractivity (Wildman–Crippen MR) is 150 cm³/mol. The average molecular weight is 574 g/mol. The number of ether oxygens (including phenoxy) is 1. The van der Waals surface area contributed by atoms with Gasteiger partial charge in [0, 0.05) is 75.0 Å². The van der Waals surface area contributed by atoms with Gasteiger partial charge in [0.1, 0.15) is 5.92 Å². The zero-order chi connectivity index (χ0) is 30.1. The summed E-state index contributed by atoms with van der Waals surface area (Å²) >= 11 is 0. The van der Waals surface area contributed by atoms with Gasteiger partial charge in [-0.3, -0.25) is 24.0 Å². The van der Waals surface area contributed by atoms with Crippen LogP contribution < -0.4 is 16.0 Å². The lowest BCUT2D eigenvalue weighted by atomic mass is 9.77. The van der Waals surface area contributed by atoms with Crippen molar-refractivity contribution in [2.24, 2.45) is 31.3 Å². The van der Waals surface area contributed by atoms with Crippen LogP contribution in [-0.2, 0) is 38.0 Å². The molecule has 1 saturated heterocycles. The van der Waals surface area contributed by atoms with Crippen LogP contribution in [0.1, 0.15) is 36.6 Å². The first-order chi connectivity index (χ1) is 19.9. The van der Waals surface area contributed by atoms with E-state index < -0.39 is 17.2 Å². The van der Waals surface area contributed by atoms with Crippen molar-refractivity contribution in [3.8, 4) is 0 Å². The Bertz CT molecular complexity index is 1680. The van der Waals surface area contributed by atoms with Gasteiger partial charge in [-0.05, 0) is 37.0 Å². The first-order valence-electron chi connectivity index (χ1n) is 13.6. The lowest BCUT2D eigenvalue weighted by Gasteiger charge is -2.30. The second-order valence-corrected chi connectivity index (χ2v) is 11.2. The SMILES string of the molecule is COC(=O)C1C2=C(NC1C)C(=O)C=C1N(C(=O)/C=C/c3cc(NC(=O)c4nc(NC(C)=O)cn4C)cn3C)C[C@H]3C[C@]123. The number of nitrogens with one attached hydrogen (secondary N) is 3. The largest absolute Gasteiger partial charge is 0.468 e. The van der Waals surface area contributed by atoms with Gasteiger partial charge < -0.3 is 34.7 Å². The Balaban J connectivity index is 1.17. The van der Waals surface area contributed by atoms with Gasteiger partial charge in [0.25, 0.3) is 11.8 Å². The van der Waals surface area contributed by atoms with E-state index in [1.807, 2.05) is 6.92 Å². The van der Waals surface area contributed by atoms with Crippen LogP contribution in [-0.4, -0.2) is 68.2 Å². The molecule has 6 rings (SSSR count). The van der Waals surface area contributed by atoms with E-state index in [-0.39, 0.29) is 47.2 Å². The summed E-state index contributed by atoms with van der Waals surface area (Å²) < 4.78 is 8.33. The Morgan fingerprint density at radius 2 is 1.93 bits per heavy atom. The summed E-state index contributed by atoms with van der Waals surface area (Å²) in [5.41, 5.74) is 2.52. The van der Waals surface area contributed by atoms with Crippen LogP contribution in [0, 0.1) is 17.3 Å². The van der Waals surface area contributed by atoms with Crippen LogP contribution in [0.3, 0.4) is 0 Å². The van der Waals surface area contributed by atoms with E-state index >= 15 is 0 Å². The highest BCUT2D eigenvalue weighted by atomic mass is 16.5. The third-order valence-corrected chi connectivity index (χ3v) is 8.51. The molecule has 42 heavy (non-hydrogen) atoms. The van der Waals surface area contributed by atoms with Crippen molar-refractivity contribution in [2.45, 2.75) is 26.3 Å². The Hall–Kier alpha value is -4.94. The number of carbonyl (C=O) groups is 5. The molecule has 1 saturated carbocycles. The summed E-state index contributed by atoms with van der Waals surface area (Å²) in [5.74, 6) is -1.71. The molecule has 13 heteroatoms. The zero-order valence-corrected chi connectivity index (χ0v) is 23.8. The van der Waals surface area contributed by atoms with Crippen molar-refractivity contribution < 1.29 is 28.7 Å². The Kier molecular flexibility index (Phi) is 6.21. The van der Waals surface area contributed by atoms with Gasteiger partial charge in [0.05, 0.1) is 18.5 Å². The van der Waals surface area contributed by atoms with Crippen LogP contribution in [0.4, 0.5) is 11.5 Å². The maximum absolute atomic E-state index is 13.4. The Morgan fingerprint density at radius 3 is 2.64 bits per heavy atom. The molecule has 13 nitrogen and oxygen atoms in total. The van der Waals surface area contributed by atoms with Gasteiger partial charge in [-0.2, -0.15) is 0 Å². The van der Waals surface area contributed by atoms with Gasteiger partial charge >= 0.3 is 5.97 Å². The van der Waals surface area contributed by atoms with Crippen LogP contribution in [0.2, 0.25) is 0 Å². The van der Waals surface area contributed by atoms with Gasteiger partial charge in [-0.1, -0.05) is 0 Å². The van der Waals surface area contributed by atoms with Crippen LogP contribution in [0.25, 0.3) is 6.08 Å². The molecule has 0 bridgehead atoms. The van der Waals surface area contributed by atoms with Gasteiger partial charge in [0.15, 0.2) is 5.82 Å². The number of carbonyl (C=O) groups excluding carboxylic acids is 5. The topological polar surface area (TPSA) is 157 Å². The number of imidazole rings is 1. The lowest BCUT2D eigenvalue weighted by molar-refractivity contribution is -0.144. The molecule has 2 aromatic rings. The molecule has 2 aliphatic heterocycles. The smallest absolute Gasteiger partial charge is 0.315 e. The van der Waals surface area contributed by atoms with Crippen molar-refractivity contribution in [3.63, 3.8) is 0 Å². The van der Waals surface area contributed by atoms with E-state index in [0.29, 0.717) is 29.3 Å². The average Bonchev–Trinajstić information content (AvgIpc) is 3.23. The maximum atomic E-state index is 13.4. The highest BCUT2D eigenvalue weighted by Crippen LogP contribution is 2.71. The number of hydrogen-bond acceptors (Lipinski definition) is 8. The molecule has 2 aliphatic carbocycles. The third kappa shape index (κ3) is 4.14. The minimum atomic E-state index is -0.576. The number of ketones is 1. The number of methoxy groups -OCH3 is 1. The number of piperidine rings is 1. The fourth-order valence-electron chi connectivity index (χ4n) is 6.62. The summed E-state index contributed by atoms with van der Waals surface area (Å²) in [6.45, 7) is 3.67. The van der Waals surface area contributed by atoms with E-state index in [1.54, 1.807) is 48.1 Å². The molecular formula is C29H31N7O6. The molecule has 2 fully saturated rings. The van der Waals surface area contributed by atoms with Crippen molar-refractivity contribution in [2.75, 3.05) is 24.3 Å². The quantitative estimate of drug-likeness (QED) is 0.345. The highest BCUT2D eigenvalue weighted by Gasteiger charge is 2.71. The second-order valence-electron chi connectivity index (χ2n) is 11.2. The number of rotatable bonds is 6. The summed E-state index contributed by atoms with van der Waals surface area (Å²) in [6.07, 6.45) is 8.65. The monoisotopic (exact) mass is 573 g/mol. The molecule has 218 valence electrons. The number of nitrogens with zero attached hydrogens (tertiary/aromatic N) is 4. The van der Waals surface area contributed by atoms with Gasteiger partial charge in [0.2, 0.25) is 17.5 Å². The van der Waals surface area contributed by atoms with Crippen LogP contribution in [0.15, 0.2) is 47.6 Å². The first kappa shape index (κ1) is 27.2. The number of anilines is 2. The second kappa shape index (κ2) is 9.57. The Labute approximate surface area is 241 Å². The minimum absolute atomic E-state index is 0.117. The minimum Gasteiger partial charge on any atom is -0.468 e. The number of likely N-dealkylation sites (tertiary alicyclic amines) is 1. The standard InChI is InChI=1S/C29H31N7O6/c1-14-23(28(41)42-5)24-25(30-14)19(38)9-20-29(24)10-16(29)11-36(20)22(39)7-6-18-8-17(12-34(18)3)32-27(40)26-33-21(13-35(26)4)31-15(2)37/h6-9,12-14,16,23,30H,10-11H2,1-5H3,(H,31,37)(H,32,40)/b7-6+/t14?,16-,23?,29+/m1/s1. The summed E-state index contributed by atoms with van der Waals surface area (Å²) in [5, 5.41) is 8.51. The molecular weight excluding hydrogens is 542 g/mol. The fourth-order valence-corrected chi connectivity index (χ4v) is 6.62. The van der Waals surface area contributed by atoms with E-state index in [2.05, 4.69) is 20.9 Å². The molecule has 4 atom stereocenters. The van der Waals surface area contributed by atoms with Crippen LogP contribution >= 0.6 is 0 Å². The Morgan fingerprint density at radius 1 is 1.17 bits per heavy atom. The molecule has 1 spiro atoms. The van der Waals surface area contributed by atoms with Crippen molar-refractivity contribution in [1.82, 2.24) is 24.3 Å². The van der Waals surface area contributed by atoms with E-state index in [4.69, 9.17) is 4.74 Å².